The molecule has 1 amide bonds. The van der Waals surface area contributed by atoms with Crippen molar-refractivity contribution in [1.82, 2.24) is 25.3 Å². The average molecular weight is 422 g/mol. The van der Waals surface area contributed by atoms with E-state index in [9.17, 15) is 22.4 Å². The van der Waals surface area contributed by atoms with E-state index in [1.54, 1.807) is 0 Å². The highest BCUT2D eigenvalue weighted by molar-refractivity contribution is 5.95. The zero-order chi connectivity index (χ0) is 19.4. The van der Waals surface area contributed by atoms with E-state index in [0.29, 0.717) is 11.2 Å². The van der Waals surface area contributed by atoms with Gasteiger partial charge in [-0.2, -0.15) is 18.3 Å². The molecule has 1 fully saturated rings. The van der Waals surface area contributed by atoms with Crippen LogP contribution in [0, 0.1) is 5.82 Å². The molecule has 0 saturated carbocycles. The number of hydrogen-bond donors (Lipinski definition) is 2. The van der Waals surface area contributed by atoms with E-state index >= 15 is 0 Å². The molecule has 2 heterocycles. The number of nitrogens with zero attached hydrogens (tertiary/aromatic N) is 3. The van der Waals surface area contributed by atoms with Gasteiger partial charge in [-0.05, 0) is 12.1 Å². The molecule has 28 heavy (non-hydrogen) atoms. The van der Waals surface area contributed by atoms with Gasteiger partial charge in [0, 0.05) is 39.3 Å². The highest BCUT2D eigenvalue weighted by Crippen LogP contribution is 2.34. The summed E-state index contributed by atoms with van der Waals surface area (Å²) < 4.78 is 55.0. The Morgan fingerprint density at radius 2 is 1.89 bits per heavy atom. The van der Waals surface area contributed by atoms with Gasteiger partial charge in [-0.1, -0.05) is 12.1 Å². The summed E-state index contributed by atoms with van der Waals surface area (Å²) in [5, 5.41) is 9.29. The Morgan fingerprint density at radius 3 is 2.54 bits per heavy atom. The van der Waals surface area contributed by atoms with Gasteiger partial charge in [0.05, 0.1) is 11.8 Å². The van der Waals surface area contributed by atoms with Crippen LogP contribution >= 0.6 is 12.4 Å². The van der Waals surface area contributed by atoms with E-state index in [-0.39, 0.29) is 24.6 Å². The molecule has 0 bridgehead atoms. The van der Waals surface area contributed by atoms with Crippen LogP contribution in [0.4, 0.5) is 17.6 Å². The summed E-state index contributed by atoms with van der Waals surface area (Å²) in [6, 6.07) is 4.96. The number of amides is 1. The first kappa shape index (κ1) is 22.1. The number of aromatic nitrogens is 2. The second kappa shape index (κ2) is 9.35. The van der Waals surface area contributed by atoms with Gasteiger partial charge in [-0.25, -0.2) is 9.07 Å². The van der Waals surface area contributed by atoms with Crippen LogP contribution in [0.5, 0.6) is 0 Å². The van der Waals surface area contributed by atoms with Crippen LogP contribution in [0.25, 0.3) is 5.69 Å². The topological polar surface area (TPSA) is 62.2 Å². The number of para-hydroxylation sites is 1. The quantitative estimate of drug-likeness (QED) is 0.726. The van der Waals surface area contributed by atoms with Crippen molar-refractivity contribution >= 4 is 18.3 Å². The summed E-state index contributed by atoms with van der Waals surface area (Å²) in [5.41, 5.74) is -2.30. The fourth-order valence-electron chi connectivity index (χ4n) is 2.95. The maximum Gasteiger partial charge on any atom is 0.434 e. The summed E-state index contributed by atoms with van der Waals surface area (Å²) in [7, 11) is 0. The summed E-state index contributed by atoms with van der Waals surface area (Å²) in [6.45, 7) is 4.05. The molecule has 2 N–H and O–H groups in total. The van der Waals surface area contributed by atoms with Crippen LogP contribution in [0.1, 0.15) is 16.1 Å². The minimum atomic E-state index is -4.87. The molecule has 1 aliphatic heterocycles. The standard InChI is InChI=1S/C17H19F4N5O.ClH/c18-13-3-1-2-4-14(13)26-15(17(19,20)21)12(11-24-26)16(27)23-7-10-25-8-5-22-6-9-25;/h1-4,11,22H,5-10H2,(H,23,27);1H. The fourth-order valence-corrected chi connectivity index (χ4v) is 2.95. The van der Waals surface area contributed by atoms with Gasteiger partial charge in [0.15, 0.2) is 5.69 Å². The minimum absolute atomic E-state index is 0. The first-order chi connectivity index (χ1) is 12.9. The van der Waals surface area contributed by atoms with E-state index in [0.717, 1.165) is 38.4 Å². The van der Waals surface area contributed by atoms with E-state index in [1.165, 1.54) is 18.2 Å². The fraction of sp³-hybridized carbons (Fsp3) is 0.412. The predicted molar refractivity (Wildman–Crippen MR) is 97.4 cm³/mol. The largest absolute Gasteiger partial charge is 0.434 e. The second-order valence-electron chi connectivity index (χ2n) is 6.12. The number of carbonyl (C=O) groups excluding carboxylic acids is 1. The smallest absolute Gasteiger partial charge is 0.351 e. The number of benzene rings is 1. The molecule has 0 radical (unpaired) electrons. The number of piperazine rings is 1. The maximum absolute atomic E-state index is 13.9. The Hall–Kier alpha value is -2.17. The Kier molecular flexibility index (Phi) is 7.39. The molecule has 2 aromatic rings. The van der Waals surface area contributed by atoms with E-state index in [4.69, 9.17) is 0 Å². The van der Waals surface area contributed by atoms with Crippen LogP contribution < -0.4 is 10.6 Å². The molecule has 154 valence electrons. The monoisotopic (exact) mass is 421 g/mol. The van der Waals surface area contributed by atoms with Crippen LogP contribution in [0.3, 0.4) is 0 Å². The van der Waals surface area contributed by atoms with Crippen molar-refractivity contribution in [3.8, 4) is 5.69 Å². The summed E-state index contributed by atoms with van der Waals surface area (Å²) in [4.78, 5) is 14.4. The van der Waals surface area contributed by atoms with Crippen LogP contribution in [0.2, 0.25) is 0 Å². The predicted octanol–water partition coefficient (Wildman–Crippen LogP) is 2.09. The third-order valence-corrected chi connectivity index (χ3v) is 4.29. The van der Waals surface area contributed by atoms with Crippen molar-refractivity contribution in [1.29, 1.82) is 0 Å². The van der Waals surface area contributed by atoms with Gasteiger partial charge >= 0.3 is 6.18 Å². The van der Waals surface area contributed by atoms with Crippen molar-refractivity contribution in [2.75, 3.05) is 39.3 Å². The summed E-state index contributed by atoms with van der Waals surface area (Å²) >= 11 is 0. The van der Waals surface area contributed by atoms with Gasteiger partial charge in [-0.15, -0.1) is 12.4 Å². The molecular weight excluding hydrogens is 402 g/mol. The summed E-state index contributed by atoms with van der Waals surface area (Å²) in [6.07, 6.45) is -4.06. The first-order valence-electron chi connectivity index (χ1n) is 8.49. The molecular formula is C17H20ClF4N5O. The lowest BCUT2D eigenvalue weighted by molar-refractivity contribution is -0.143. The summed E-state index contributed by atoms with van der Waals surface area (Å²) in [5.74, 6) is -1.75. The Labute approximate surface area is 165 Å². The molecule has 11 heteroatoms. The molecule has 3 rings (SSSR count). The number of hydrogen-bond acceptors (Lipinski definition) is 4. The molecule has 1 aliphatic rings. The highest BCUT2D eigenvalue weighted by atomic mass is 35.5. The maximum atomic E-state index is 13.9. The number of nitrogens with one attached hydrogen (secondary N) is 2. The van der Waals surface area contributed by atoms with Gasteiger partial charge < -0.3 is 10.6 Å². The zero-order valence-electron chi connectivity index (χ0n) is 14.8. The molecule has 0 aliphatic carbocycles. The van der Waals surface area contributed by atoms with Gasteiger partial charge in [0.1, 0.15) is 11.5 Å². The number of carbonyl (C=O) groups is 1. The zero-order valence-corrected chi connectivity index (χ0v) is 15.6. The van der Waals surface area contributed by atoms with Gasteiger partial charge in [-0.3, -0.25) is 9.69 Å². The lowest BCUT2D eigenvalue weighted by Crippen LogP contribution is -2.46. The third kappa shape index (κ3) is 5.00. The number of rotatable bonds is 5. The molecule has 0 unspecified atom stereocenters. The lowest BCUT2D eigenvalue weighted by Gasteiger charge is -2.27. The Balaban J connectivity index is 0.00000280. The van der Waals surface area contributed by atoms with Crippen LogP contribution in [-0.2, 0) is 6.18 Å². The molecule has 0 atom stereocenters. The highest BCUT2D eigenvalue weighted by Gasteiger charge is 2.41. The Bertz CT molecular complexity index is 805. The van der Waals surface area contributed by atoms with Crippen molar-refractivity contribution in [2.24, 2.45) is 0 Å². The normalized spacial score (nSPS) is 15.1. The van der Waals surface area contributed by atoms with E-state index < -0.39 is 29.2 Å². The Morgan fingerprint density at radius 1 is 1.21 bits per heavy atom. The lowest BCUT2D eigenvalue weighted by atomic mass is 10.2. The van der Waals surface area contributed by atoms with Crippen LogP contribution in [0.15, 0.2) is 30.5 Å². The SMILES string of the molecule is Cl.O=C(NCCN1CCNCC1)c1cnn(-c2ccccc2F)c1C(F)(F)F. The minimum Gasteiger partial charge on any atom is -0.351 e. The average Bonchev–Trinajstić information content (AvgIpc) is 3.08. The molecule has 0 spiro atoms. The molecule has 1 aromatic heterocycles. The first-order valence-corrected chi connectivity index (χ1v) is 8.49. The number of halogens is 5. The van der Waals surface area contributed by atoms with Crippen molar-refractivity contribution < 1.29 is 22.4 Å². The third-order valence-electron chi connectivity index (χ3n) is 4.29. The molecule has 1 aromatic carbocycles. The van der Waals surface area contributed by atoms with Crippen molar-refractivity contribution in [3.05, 3.63) is 47.5 Å². The van der Waals surface area contributed by atoms with Gasteiger partial charge in [0.2, 0.25) is 0 Å². The van der Waals surface area contributed by atoms with Gasteiger partial charge in [0.25, 0.3) is 5.91 Å². The molecule has 1 saturated heterocycles. The van der Waals surface area contributed by atoms with Crippen LogP contribution in [-0.4, -0.2) is 59.9 Å². The second-order valence-corrected chi connectivity index (χ2v) is 6.12. The van der Waals surface area contributed by atoms with E-state index in [1.807, 2.05) is 0 Å². The van der Waals surface area contributed by atoms with Crippen molar-refractivity contribution in [2.45, 2.75) is 6.18 Å². The van der Waals surface area contributed by atoms with E-state index in [2.05, 4.69) is 20.6 Å². The van der Waals surface area contributed by atoms with Crippen molar-refractivity contribution in [3.63, 3.8) is 0 Å². The molecule has 6 nitrogen and oxygen atoms in total. The number of alkyl halides is 3.